The number of thioether (sulfide) groups is 1. The van der Waals surface area contributed by atoms with Gasteiger partial charge < -0.3 is 24.6 Å². The number of aliphatic imine (C=N–C) groups is 1. The molecule has 1 heterocycles. The number of nitrogens with zero attached hydrogens (tertiary/aromatic N) is 1. The number of rotatable bonds is 8. The highest BCUT2D eigenvalue weighted by Gasteiger charge is 2.31. The van der Waals surface area contributed by atoms with E-state index in [4.69, 9.17) is 19.2 Å². The SMILES string of the molecule is CCOC(=O)C1=C(C)NC(SCc2cccc(C(=O)O)c2)=N[C@@H]1c1ccc(OC)c(OC)c1. The molecule has 0 amide bonds. The number of esters is 1. The molecular formula is C24H26N2O6S. The largest absolute Gasteiger partial charge is 0.493 e. The average Bonchev–Trinajstić information content (AvgIpc) is 2.82. The molecule has 9 heteroatoms. The quantitative estimate of drug-likeness (QED) is 0.554. The number of methoxy groups -OCH3 is 2. The molecule has 0 fully saturated rings. The van der Waals surface area contributed by atoms with Crippen molar-refractivity contribution in [2.45, 2.75) is 25.6 Å². The normalized spacial score (nSPS) is 15.4. The minimum atomic E-state index is -0.971. The van der Waals surface area contributed by atoms with Crippen LogP contribution in [0.2, 0.25) is 0 Å². The van der Waals surface area contributed by atoms with Crippen LogP contribution in [-0.2, 0) is 15.3 Å². The fraction of sp³-hybridized carbons (Fsp3) is 0.292. The van der Waals surface area contributed by atoms with Crippen LogP contribution in [0.25, 0.3) is 0 Å². The minimum absolute atomic E-state index is 0.232. The molecule has 174 valence electrons. The molecule has 1 aliphatic rings. The molecule has 3 rings (SSSR count). The van der Waals surface area contributed by atoms with E-state index in [2.05, 4.69) is 5.32 Å². The Bertz CT molecular complexity index is 1110. The smallest absolute Gasteiger partial charge is 0.338 e. The van der Waals surface area contributed by atoms with Crippen molar-refractivity contribution in [3.05, 3.63) is 70.4 Å². The molecule has 0 saturated heterocycles. The molecule has 2 N–H and O–H groups in total. The Morgan fingerprint density at radius 3 is 2.55 bits per heavy atom. The molecule has 8 nitrogen and oxygen atoms in total. The van der Waals surface area contributed by atoms with E-state index in [1.54, 1.807) is 58.4 Å². The first-order chi connectivity index (χ1) is 15.9. The standard InChI is InChI=1S/C24H26N2O6S/c1-5-32-23(29)20-14(2)25-24(33-13-15-7-6-8-17(11-15)22(27)28)26-21(20)16-9-10-18(30-3)19(12-16)31-4/h6-12,21H,5,13H2,1-4H3,(H,25,26)(H,27,28)/t21-/m1/s1. The first-order valence-corrected chi connectivity index (χ1v) is 11.3. The van der Waals surface area contributed by atoms with Crippen LogP contribution in [0.5, 0.6) is 11.5 Å². The second kappa shape index (κ2) is 10.9. The number of nitrogens with one attached hydrogen (secondary N) is 1. The fourth-order valence-corrected chi connectivity index (χ4v) is 4.29. The number of carboxylic acid groups (broad SMARTS) is 1. The van der Waals surface area contributed by atoms with Gasteiger partial charge in [-0.3, -0.25) is 0 Å². The Hall–Kier alpha value is -3.46. The van der Waals surface area contributed by atoms with Crippen molar-refractivity contribution < 1.29 is 28.9 Å². The fourth-order valence-electron chi connectivity index (χ4n) is 3.40. The summed E-state index contributed by atoms with van der Waals surface area (Å²) in [5, 5.41) is 13.0. The molecule has 0 aliphatic carbocycles. The molecule has 0 unspecified atom stereocenters. The molecule has 0 spiro atoms. The summed E-state index contributed by atoms with van der Waals surface area (Å²) in [5.41, 5.74) is 2.90. The summed E-state index contributed by atoms with van der Waals surface area (Å²) in [5.74, 6) is 0.202. The summed E-state index contributed by atoms with van der Waals surface area (Å²) in [6.07, 6.45) is 0. The van der Waals surface area contributed by atoms with Crippen LogP contribution in [0.4, 0.5) is 0 Å². The Kier molecular flexibility index (Phi) is 8.00. The molecule has 0 aromatic heterocycles. The highest BCUT2D eigenvalue weighted by molar-refractivity contribution is 8.13. The molecule has 33 heavy (non-hydrogen) atoms. The number of aromatic carboxylic acids is 1. The molecule has 1 atom stereocenters. The lowest BCUT2D eigenvalue weighted by Gasteiger charge is -2.26. The minimum Gasteiger partial charge on any atom is -0.493 e. The number of amidine groups is 1. The van der Waals surface area contributed by atoms with Gasteiger partial charge in [0.25, 0.3) is 0 Å². The van der Waals surface area contributed by atoms with E-state index in [0.717, 1.165) is 11.1 Å². The van der Waals surface area contributed by atoms with Gasteiger partial charge in [-0.1, -0.05) is 30.0 Å². The maximum absolute atomic E-state index is 12.7. The Balaban J connectivity index is 1.93. The molecule has 2 aromatic rings. The third-order valence-electron chi connectivity index (χ3n) is 4.99. The van der Waals surface area contributed by atoms with E-state index < -0.39 is 18.0 Å². The van der Waals surface area contributed by atoms with Crippen molar-refractivity contribution in [2.24, 2.45) is 4.99 Å². The Labute approximate surface area is 196 Å². The summed E-state index contributed by atoms with van der Waals surface area (Å²) in [7, 11) is 3.11. The van der Waals surface area contributed by atoms with Gasteiger partial charge in [-0.25, -0.2) is 14.6 Å². The van der Waals surface area contributed by atoms with E-state index in [-0.39, 0.29) is 12.2 Å². The number of ether oxygens (including phenoxy) is 3. The summed E-state index contributed by atoms with van der Waals surface area (Å²) in [4.78, 5) is 28.8. The van der Waals surface area contributed by atoms with Crippen LogP contribution < -0.4 is 14.8 Å². The molecular weight excluding hydrogens is 444 g/mol. The van der Waals surface area contributed by atoms with Gasteiger partial charge in [0.2, 0.25) is 0 Å². The van der Waals surface area contributed by atoms with Gasteiger partial charge in [0.15, 0.2) is 16.7 Å². The third-order valence-corrected chi connectivity index (χ3v) is 5.94. The number of hydrogen-bond donors (Lipinski definition) is 2. The summed E-state index contributed by atoms with van der Waals surface area (Å²) >= 11 is 1.42. The van der Waals surface area contributed by atoms with Crippen LogP contribution in [0.3, 0.4) is 0 Å². The molecule has 1 aliphatic heterocycles. The van der Waals surface area contributed by atoms with Crippen molar-refractivity contribution >= 4 is 28.9 Å². The van der Waals surface area contributed by atoms with Gasteiger partial charge in [0, 0.05) is 11.4 Å². The van der Waals surface area contributed by atoms with Gasteiger partial charge >= 0.3 is 11.9 Å². The number of hydrogen-bond acceptors (Lipinski definition) is 8. The topological polar surface area (TPSA) is 106 Å². The van der Waals surface area contributed by atoms with E-state index in [1.165, 1.54) is 11.8 Å². The zero-order valence-electron chi connectivity index (χ0n) is 18.9. The number of carbonyl (C=O) groups is 2. The zero-order chi connectivity index (χ0) is 24.0. The molecule has 0 radical (unpaired) electrons. The van der Waals surface area contributed by atoms with Crippen molar-refractivity contribution in [3.8, 4) is 11.5 Å². The second-order valence-corrected chi connectivity index (χ2v) is 8.09. The maximum Gasteiger partial charge on any atom is 0.338 e. The maximum atomic E-state index is 12.7. The lowest BCUT2D eigenvalue weighted by molar-refractivity contribution is -0.138. The van der Waals surface area contributed by atoms with Gasteiger partial charge in [0.05, 0.1) is 32.0 Å². The molecule has 2 aromatic carbocycles. The van der Waals surface area contributed by atoms with Crippen LogP contribution in [0, 0.1) is 0 Å². The molecule has 0 bridgehead atoms. The highest BCUT2D eigenvalue weighted by atomic mass is 32.2. The summed E-state index contributed by atoms with van der Waals surface area (Å²) in [6.45, 7) is 3.81. The second-order valence-electron chi connectivity index (χ2n) is 7.13. The van der Waals surface area contributed by atoms with Gasteiger partial charge in [0.1, 0.15) is 6.04 Å². The lowest BCUT2D eigenvalue weighted by atomic mass is 9.96. The van der Waals surface area contributed by atoms with Crippen LogP contribution in [-0.4, -0.2) is 43.0 Å². The van der Waals surface area contributed by atoms with Gasteiger partial charge in [-0.2, -0.15) is 0 Å². The van der Waals surface area contributed by atoms with Crippen LogP contribution in [0.1, 0.15) is 41.4 Å². The van der Waals surface area contributed by atoms with Crippen LogP contribution >= 0.6 is 11.8 Å². The van der Waals surface area contributed by atoms with Gasteiger partial charge in [-0.15, -0.1) is 0 Å². The van der Waals surface area contributed by atoms with E-state index in [1.807, 2.05) is 12.1 Å². The van der Waals surface area contributed by atoms with E-state index >= 15 is 0 Å². The highest BCUT2D eigenvalue weighted by Crippen LogP contribution is 2.37. The number of carbonyl (C=O) groups excluding carboxylic acids is 1. The average molecular weight is 471 g/mol. The number of benzene rings is 2. The predicted octanol–water partition coefficient (Wildman–Crippen LogP) is 4.17. The lowest BCUT2D eigenvalue weighted by Crippen LogP contribution is -2.30. The van der Waals surface area contributed by atoms with Crippen molar-refractivity contribution in [1.29, 1.82) is 0 Å². The number of allylic oxidation sites excluding steroid dienone is 1. The predicted molar refractivity (Wildman–Crippen MR) is 127 cm³/mol. The summed E-state index contributed by atoms with van der Waals surface area (Å²) < 4.78 is 16.0. The Morgan fingerprint density at radius 2 is 1.88 bits per heavy atom. The number of carboxylic acids is 1. The Morgan fingerprint density at radius 1 is 1.12 bits per heavy atom. The summed E-state index contributed by atoms with van der Waals surface area (Å²) in [6, 6.07) is 11.6. The van der Waals surface area contributed by atoms with Crippen molar-refractivity contribution in [1.82, 2.24) is 5.32 Å². The first kappa shape index (κ1) is 24.2. The third kappa shape index (κ3) is 5.67. The first-order valence-electron chi connectivity index (χ1n) is 10.3. The molecule has 0 saturated carbocycles. The van der Waals surface area contributed by atoms with E-state index in [9.17, 15) is 14.7 Å². The van der Waals surface area contributed by atoms with Crippen LogP contribution in [0.15, 0.2) is 58.7 Å². The van der Waals surface area contributed by atoms with Gasteiger partial charge in [-0.05, 0) is 49.2 Å². The van der Waals surface area contributed by atoms with E-state index in [0.29, 0.717) is 33.7 Å². The zero-order valence-corrected chi connectivity index (χ0v) is 19.7. The van der Waals surface area contributed by atoms with Crippen molar-refractivity contribution in [2.75, 3.05) is 20.8 Å². The van der Waals surface area contributed by atoms with Crippen molar-refractivity contribution in [3.63, 3.8) is 0 Å². The monoisotopic (exact) mass is 470 g/mol.